The molecule has 2 unspecified atom stereocenters. The van der Waals surface area contributed by atoms with Crippen molar-refractivity contribution in [1.82, 2.24) is 4.90 Å². The normalized spacial score (nSPS) is 31.6. The van der Waals surface area contributed by atoms with E-state index in [2.05, 4.69) is 6.07 Å². The van der Waals surface area contributed by atoms with Crippen LogP contribution >= 0.6 is 0 Å². The number of carbonyl (C=O) groups is 2. The zero-order valence-electron chi connectivity index (χ0n) is 15.7. The van der Waals surface area contributed by atoms with E-state index in [1.54, 1.807) is 12.1 Å². The van der Waals surface area contributed by atoms with E-state index in [-0.39, 0.29) is 40.3 Å². The lowest BCUT2D eigenvalue weighted by Gasteiger charge is -2.38. The minimum atomic E-state index is -0.574. The van der Waals surface area contributed by atoms with Crippen LogP contribution in [0.3, 0.4) is 0 Å². The number of halogens is 1. The molecule has 0 radical (unpaired) electrons. The molecule has 1 spiro atoms. The number of carbonyl (C=O) groups excluding carboxylic acids is 2. The predicted octanol–water partition coefficient (Wildman–Crippen LogP) is 3.60. The zero-order chi connectivity index (χ0) is 19.4. The quantitative estimate of drug-likeness (QED) is 0.803. The summed E-state index contributed by atoms with van der Waals surface area (Å²) in [5, 5.41) is 9.34. The topological polar surface area (TPSA) is 61.2 Å². The Bertz CT molecular complexity index is 881. The van der Waals surface area contributed by atoms with Crippen molar-refractivity contribution in [2.24, 2.45) is 16.7 Å². The first-order valence-electron chi connectivity index (χ1n) is 9.47. The van der Waals surface area contributed by atoms with E-state index in [4.69, 9.17) is 0 Å². The van der Waals surface area contributed by atoms with Gasteiger partial charge in [-0.05, 0) is 42.9 Å². The van der Waals surface area contributed by atoms with Crippen molar-refractivity contribution in [2.75, 3.05) is 13.1 Å². The fourth-order valence-electron chi connectivity index (χ4n) is 4.96. The van der Waals surface area contributed by atoms with Crippen LogP contribution in [-0.2, 0) is 9.59 Å². The molecule has 4 nitrogen and oxygen atoms in total. The van der Waals surface area contributed by atoms with Gasteiger partial charge in [0, 0.05) is 29.8 Å². The molecule has 140 valence electrons. The molecule has 2 fully saturated rings. The highest BCUT2D eigenvalue weighted by Gasteiger charge is 2.52. The Morgan fingerprint density at radius 1 is 1.30 bits per heavy atom. The van der Waals surface area contributed by atoms with E-state index in [0.29, 0.717) is 19.5 Å². The van der Waals surface area contributed by atoms with E-state index in [1.165, 1.54) is 12.1 Å². The van der Waals surface area contributed by atoms with Crippen LogP contribution in [0.4, 0.5) is 4.39 Å². The van der Waals surface area contributed by atoms with Gasteiger partial charge in [-0.25, -0.2) is 4.39 Å². The Morgan fingerprint density at radius 3 is 2.67 bits per heavy atom. The Balaban J connectivity index is 1.48. The molecule has 4 rings (SSSR count). The number of hydrogen-bond donors (Lipinski definition) is 0. The lowest BCUT2D eigenvalue weighted by atomic mass is 9.64. The Hall–Kier alpha value is -2.48. The van der Waals surface area contributed by atoms with Crippen molar-refractivity contribution in [3.8, 4) is 6.07 Å². The molecule has 1 saturated heterocycles. The van der Waals surface area contributed by atoms with Crippen molar-refractivity contribution < 1.29 is 14.0 Å². The first kappa shape index (κ1) is 17.9. The van der Waals surface area contributed by atoms with Gasteiger partial charge in [0.05, 0.1) is 5.57 Å². The molecule has 1 saturated carbocycles. The van der Waals surface area contributed by atoms with Crippen LogP contribution < -0.4 is 0 Å². The highest BCUT2D eigenvalue weighted by atomic mass is 19.1. The second kappa shape index (κ2) is 6.02. The van der Waals surface area contributed by atoms with Gasteiger partial charge in [0.2, 0.25) is 5.91 Å². The van der Waals surface area contributed by atoms with Gasteiger partial charge in [-0.15, -0.1) is 0 Å². The third kappa shape index (κ3) is 3.07. The Labute approximate surface area is 158 Å². The summed E-state index contributed by atoms with van der Waals surface area (Å²) < 4.78 is 13.1. The van der Waals surface area contributed by atoms with Crippen LogP contribution in [0, 0.1) is 33.9 Å². The average molecular weight is 366 g/mol. The summed E-state index contributed by atoms with van der Waals surface area (Å²) >= 11 is 0. The molecule has 1 aromatic carbocycles. The van der Waals surface area contributed by atoms with Crippen LogP contribution in [0.25, 0.3) is 0 Å². The number of benzene rings is 1. The lowest BCUT2D eigenvalue weighted by molar-refractivity contribution is -0.132. The number of Topliss-reactive ketones (excluding diaryl/α,β-unsaturated/α-hetero) is 1. The number of rotatable bonds is 2. The molecule has 0 aromatic heterocycles. The van der Waals surface area contributed by atoms with Gasteiger partial charge in [0.15, 0.2) is 5.78 Å². The molecule has 3 aliphatic rings. The summed E-state index contributed by atoms with van der Waals surface area (Å²) in [6.07, 6.45) is 4.07. The molecule has 27 heavy (non-hydrogen) atoms. The smallest absolute Gasteiger partial charge is 0.226 e. The van der Waals surface area contributed by atoms with Crippen LogP contribution in [0.2, 0.25) is 0 Å². The summed E-state index contributed by atoms with van der Waals surface area (Å²) in [6.45, 7) is 5.00. The molecule has 1 aliphatic heterocycles. The molecular formula is C22H23FN2O2. The fourth-order valence-corrected chi connectivity index (χ4v) is 4.96. The first-order chi connectivity index (χ1) is 12.7. The van der Waals surface area contributed by atoms with Crippen molar-refractivity contribution in [3.63, 3.8) is 0 Å². The third-order valence-corrected chi connectivity index (χ3v) is 6.33. The minimum absolute atomic E-state index is 0.0386. The summed E-state index contributed by atoms with van der Waals surface area (Å²) in [4.78, 5) is 27.2. The number of hydrogen-bond acceptors (Lipinski definition) is 3. The number of likely N-dealkylation sites (tertiary alicyclic amines) is 1. The highest BCUT2D eigenvalue weighted by Crippen LogP contribution is 2.52. The summed E-state index contributed by atoms with van der Waals surface area (Å²) in [5.74, 6) is -0.0902. The Kier molecular flexibility index (Phi) is 3.99. The van der Waals surface area contributed by atoms with E-state index < -0.39 is 5.41 Å². The SMILES string of the molecule is CC1(C)C[C@@]2(C=C(C#N)C1=O)CCN(C(=O)C1CC1c1ccc(F)cc1)C2. The number of nitrogens with zero attached hydrogens (tertiary/aromatic N) is 2. The maximum atomic E-state index is 13.1. The van der Waals surface area contributed by atoms with Crippen molar-refractivity contribution in [2.45, 2.75) is 39.0 Å². The molecule has 0 N–H and O–H groups in total. The van der Waals surface area contributed by atoms with Gasteiger partial charge in [-0.1, -0.05) is 32.1 Å². The lowest BCUT2D eigenvalue weighted by Crippen LogP contribution is -2.41. The van der Waals surface area contributed by atoms with Gasteiger partial charge in [0.25, 0.3) is 0 Å². The van der Waals surface area contributed by atoms with Gasteiger partial charge in [-0.2, -0.15) is 5.26 Å². The van der Waals surface area contributed by atoms with Crippen LogP contribution in [-0.4, -0.2) is 29.7 Å². The number of amides is 1. The molecule has 1 heterocycles. The van der Waals surface area contributed by atoms with Crippen LogP contribution in [0.1, 0.15) is 44.6 Å². The molecule has 1 aromatic rings. The summed E-state index contributed by atoms with van der Waals surface area (Å²) in [7, 11) is 0. The first-order valence-corrected chi connectivity index (χ1v) is 9.47. The average Bonchev–Trinajstić information content (AvgIpc) is 3.33. The van der Waals surface area contributed by atoms with E-state index in [1.807, 2.05) is 24.8 Å². The van der Waals surface area contributed by atoms with Gasteiger partial charge >= 0.3 is 0 Å². The number of ketones is 1. The largest absolute Gasteiger partial charge is 0.342 e. The van der Waals surface area contributed by atoms with E-state index >= 15 is 0 Å². The zero-order valence-corrected chi connectivity index (χ0v) is 15.7. The highest BCUT2D eigenvalue weighted by molar-refractivity contribution is 6.03. The number of nitriles is 1. The van der Waals surface area contributed by atoms with Crippen LogP contribution in [0.5, 0.6) is 0 Å². The van der Waals surface area contributed by atoms with Gasteiger partial charge < -0.3 is 4.90 Å². The standard InChI is InChI=1S/C22H23FN2O2/c1-21(2)12-22(10-15(11-24)19(21)26)7-8-25(13-22)20(27)18-9-17(18)14-3-5-16(23)6-4-14/h3-6,10,17-18H,7-9,12-13H2,1-2H3/t17?,18?,22-/m0/s1. The van der Waals surface area contributed by atoms with Crippen molar-refractivity contribution in [1.29, 1.82) is 5.26 Å². The molecule has 3 atom stereocenters. The molecule has 0 bridgehead atoms. The third-order valence-electron chi connectivity index (χ3n) is 6.33. The minimum Gasteiger partial charge on any atom is -0.342 e. The fraction of sp³-hybridized carbons (Fsp3) is 0.500. The maximum absolute atomic E-state index is 13.1. The number of allylic oxidation sites excluding steroid dienone is 1. The molecular weight excluding hydrogens is 343 g/mol. The summed E-state index contributed by atoms with van der Waals surface area (Å²) in [6, 6.07) is 8.45. The van der Waals surface area contributed by atoms with Crippen molar-refractivity contribution >= 4 is 11.7 Å². The second-order valence-corrected chi connectivity index (χ2v) is 8.93. The monoisotopic (exact) mass is 366 g/mol. The second-order valence-electron chi connectivity index (χ2n) is 8.93. The van der Waals surface area contributed by atoms with E-state index in [0.717, 1.165) is 18.4 Å². The predicted molar refractivity (Wildman–Crippen MR) is 98.0 cm³/mol. The molecule has 1 amide bonds. The van der Waals surface area contributed by atoms with Crippen LogP contribution in [0.15, 0.2) is 35.9 Å². The maximum Gasteiger partial charge on any atom is 0.226 e. The summed E-state index contributed by atoms with van der Waals surface area (Å²) in [5.41, 5.74) is 0.393. The van der Waals surface area contributed by atoms with Gasteiger partial charge in [-0.3, -0.25) is 9.59 Å². The van der Waals surface area contributed by atoms with Crippen molar-refractivity contribution in [3.05, 3.63) is 47.3 Å². The Morgan fingerprint density at radius 2 is 2.00 bits per heavy atom. The molecule has 2 aliphatic carbocycles. The van der Waals surface area contributed by atoms with Gasteiger partial charge in [0.1, 0.15) is 11.9 Å². The van der Waals surface area contributed by atoms with E-state index in [9.17, 15) is 19.2 Å². The molecule has 5 heteroatoms.